The van der Waals surface area contributed by atoms with Gasteiger partial charge in [0.25, 0.3) is 0 Å². The van der Waals surface area contributed by atoms with Gasteiger partial charge in [-0.1, -0.05) is 27.7 Å². The molecule has 0 amide bonds. The maximum absolute atomic E-state index is 12.8. The lowest BCUT2D eigenvalue weighted by molar-refractivity contribution is -0.151. The summed E-state index contributed by atoms with van der Waals surface area (Å²) < 4.78 is 33.5. The van der Waals surface area contributed by atoms with E-state index in [0.717, 1.165) is 5.56 Å². The van der Waals surface area contributed by atoms with Gasteiger partial charge >= 0.3 is 17.9 Å². The molecule has 0 unspecified atom stereocenters. The Labute approximate surface area is 222 Å². The van der Waals surface area contributed by atoms with Crippen LogP contribution in [0, 0.1) is 16.7 Å². The number of methoxy groups -OCH3 is 3. The largest absolute Gasteiger partial charge is 0.472 e. The van der Waals surface area contributed by atoms with Crippen LogP contribution in [-0.2, 0) is 33.3 Å². The number of furan rings is 2. The molecule has 1 aliphatic carbocycles. The highest BCUT2D eigenvalue weighted by molar-refractivity contribution is 5.94. The molecule has 2 aliphatic rings. The molecule has 2 aromatic rings. The van der Waals surface area contributed by atoms with Gasteiger partial charge in [-0.05, 0) is 29.9 Å². The molecule has 0 fully saturated rings. The summed E-state index contributed by atoms with van der Waals surface area (Å²) in [7, 11) is 4.36. The third kappa shape index (κ3) is 4.68. The summed E-state index contributed by atoms with van der Waals surface area (Å²) in [4.78, 5) is 37.3. The number of fused-ring (bicyclic) bond motifs is 1. The zero-order valence-electron chi connectivity index (χ0n) is 23.0. The van der Waals surface area contributed by atoms with Gasteiger partial charge < -0.3 is 27.8 Å². The SMILES string of the molecule is COC(=O)CC[C@]1(C)C(c2cc3c(o2)[C@H](C)[C@@H](CC(=O)OC)C(C)(C)[C@H]3OC)=CC(=O)O[C@H]1c1ccoc1. The number of rotatable bonds is 8. The summed E-state index contributed by atoms with van der Waals surface area (Å²) in [5.74, 6) is -0.214. The minimum Gasteiger partial charge on any atom is -0.472 e. The standard InChI is InChI=1S/C29H36O9/c1-16-19(13-23(31)34-6)28(2,3)27(35-7)18-12-21(37-25(16)18)20-14-24(32)38-26(17-9-11-36-15-17)29(20,4)10-8-22(30)33-5/h9,11-12,14-16,19,26-27H,8,10,13H2,1-7H3/t16-,19-,26+,27+,29-/m1/s1. The van der Waals surface area contributed by atoms with E-state index in [1.165, 1.54) is 32.8 Å². The van der Waals surface area contributed by atoms with E-state index in [9.17, 15) is 14.4 Å². The van der Waals surface area contributed by atoms with Gasteiger partial charge in [-0.2, -0.15) is 0 Å². The number of ether oxygens (including phenoxy) is 4. The molecule has 5 atom stereocenters. The molecule has 0 bridgehead atoms. The van der Waals surface area contributed by atoms with E-state index in [0.29, 0.717) is 29.1 Å². The topological polar surface area (TPSA) is 114 Å². The Morgan fingerprint density at radius 3 is 2.39 bits per heavy atom. The Bertz CT molecular complexity index is 1220. The van der Waals surface area contributed by atoms with Crippen molar-refractivity contribution in [3.05, 3.63) is 53.4 Å². The Morgan fingerprint density at radius 2 is 1.79 bits per heavy atom. The fourth-order valence-electron chi connectivity index (χ4n) is 6.31. The molecule has 4 rings (SSSR count). The first-order valence-electron chi connectivity index (χ1n) is 12.7. The maximum atomic E-state index is 12.8. The molecule has 0 spiro atoms. The molecule has 0 N–H and O–H groups in total. The molecule has 0 radical (unpaired) electrons. The molecule has 3 heterocycles. The van der Waals surface area contributed by atoms with Crippen LogP contribution >= 0.6 is 0 Å². The van der Waals surface area contributed by atoms with E-state index in [1.807, 2.05) is 19.9 Å². The van der Waals surface area contributed by atoms with Crippen molar-refractivity contribution in [2.24, 2.45) is 16.7 Å². The highest BCUT2D eigenvalue weighted by Crippen LogP contribution is 2.59. The first-order valence-corrected chi connectivity index (χ1v) is 12.7. The highest BCUT2D eigenvalue weighted by Gasteiger charge is 2.52. The molecular formula is C29H36O9. The van der Waals surface area contributed by atoms with E-state index >= 15 is 0 Å². The van der Waals surface area contributed by atoms with Crippen molar-refractivity contribution in [1.29, 1.82) is 0 Å². The lowest BCUT2D eigenvalue weighted by Gasteiger charge is -2.46. The average molecular weight is 529 g/mol. The Balaban J connectivity index is 1.83. The van der Waals surface area contributed by atoms with Crippen molar-refractivity contribution in [3.63, 3.8) is 0 Å². The highest BCUT2D eigenvalue weighted by atomic mass is 16.5. The molecule has 2 aromatic heterocycles. The molecule has 0 saturated heterocycles. The van der Waals surface area contributed by atoms with E-state index in [1.54, 1.807) is 13.2 Å². The van der Waals surface area contributed by atoms with Gasteiger partial charge in [-0.15, -0.1) is 0 Å². The van der Waals surface area contributed by atoms with Crippen LogP contribution in [0.15, 0.2) is 39.6 Å². The molecule has 206 valence electrons. The van der Waals surface area contributed by atoms with E-state index < -0.39 is 22.9 Å². The van der Waals surface area contributed by atoms with Gasteiger partial charge in [0.05, 0.1) is 32.8 Å². The van der Waals surface area contributed by atoms with E-state index in [4.69, 9.17) is 27.8 Å². The summed E-state index contributed by atoms with van der Waals surface area (Å²) >= 11 is 0. The summed E-state index contributed by atoms with van der Waals surface area (Å²) in [5.41, 5.74) is 0.914. The van der Waals surface area contributed by atoms with Crippen molar-refractivity contribution in [3.8, 4) is 0 Å². The molecule has 1 aliphatic heterocycles. The molecule has 9 heteroatoms. The zero-order chi connectivity index (χ0) is 27.8. The van der Waals surface area contributed by atoms with Gasteiger partial charge in [0.2, 0.25) is 0 Å². The lowest BCUT2D eigenvalue weighted by Crippen LogP contribution is -2.40. The van der Waals surface area contributed by atoms with E-state index in [-0.39, 0.29) is 42.7 Å². The normalized spacial score (nSPS) is 28.2. The average Bonchev–Trinajstić information content (AvgIpc) is 3.57. The second-order valence-electron chi connectivity index (χ2n) is 11.0. The van der Waals surface area contributed by atoms with Crippen LogP contribution in [0.3, 0.4) is 0 Å². The summed E-state index contributed by atoms with van der Waals surface area (Å²) in [5, 5.41) is 0. The number of hydrogen-bond acceptors (Lipinski definition) is 9. The lowest BCUT2D eigenvalue weighted by atomic mass is 9.61. The monoisotopic (exact) mass is 528 g/mol. The first-order chi connectivity index (χ1) is 18.0. The van der Waals surface area contributed by atoms with Crippen LogP contribution in [0.2, 0.25) is 0 Å². The molecule has 0 aromatic carbocycles. The second kappa shape index (κ2) is 10.4. The number of hydrogen-bond donors (Lipinski definition) is 0. The predicted octanol–water partition coefficient (Wildman–Crippen LogP) is 5.52. The maximum Gasteiger partial charge on any atom is 0.331 e. The number of carbonyl (C=O) groups excluding carboxylic acids is 3. The van der Waals surface area contributed by atoms with Crippen molar-refractivity contribution in [1.82, 2.24) is 0 Å². The third-order valence-electron chi connectivity index (χ3n) is 8.45. The van der Waals surface area contributed by atoms with Crippen molar-refractivity contribution < 1.29 is 42.2 Å². The Hall–Kier alpha value is -3.33. The zero-order valence-corrected chi connectivity index (χ0v) is 23.0. The first kappa shape index (κ1) is 27.7. The summed E-state index contributed by atoms with van der Waals surface area (Å²) in [6.07, 6.45) is 4.08. The van der Waals surface area contributed by atoms with Crippen molar-refractivity contribution >= 4 is 23.5 Å². The Morgan fingerprint density at radius 1 is 1.08 bits per heavy atom. The van der Waals surface area contributed by atoms with Crippen molar-refractivity contribution in [2.45, 2.75) is 65.1 Å². The minimum atomic E-state index is -0.834. The van der Waals surface area contributed by atoms with Gasteiger partial charge in [0, 0.05) is 54.1 Å². The third-order valence-corrected chi connectivity index (χ3v) is 8.45. The summed E-state index contributed by atoms with van der Waals surface area (Å²) in [6.45, 7) is 8.12. The summed E-state index contributed by atoms with van der Waals surface area (Å²) in [6, 6.07) is 3.66. The van der Waals surface area contributed by atoms with Gasteiger partial charge in [0.1, 0.15) is 17.6 Å². The van der Waals surface area contributed by atoms with Crippen LogP contribution < -0.4 is 0 Å². The quantitative estimate of drug-likeness (QED) is 0.322. The number of cyclic esters (lactones) is 1. The minimum absolute atomic E-state index is 0.110. The van der Waals surface area contributed by atoms with Gasteiger partial charge in [-0.3, -0.25) is 9.59 Å². The van der Waals surface area contributed by atoms with Gasteiger partial charge in [0.15, 0.2) is 0 Å². The number of esters is 3. The predicted molar refractivity (Wildman–Crippen MR) is 136 cm³/mol. The molecular weight excluding hydrogens is 492 g/mol. The van der Waals surface area contributed by atoms with Crippen LogP contribution in [0.1, 0.15) is 87.7 Å². The smallest absolute Gasteiger partial charge is 0.331 e. The molecule has 38 heavy (non-hydrogen) atoms. The molecule has 0 saturated carbocycles. The fraction of sp³-hybridized carbons (Fsp3) is 0.552. The second-order valence-corrected chi connectivity index (χ2v) is 11.0. The van der Waals surface area contributed by atoms with Crippen LogP contribution in [0.4, 0.5) is 0 Å². The van der Waals surface area contributed by atoms with E-state index in [2.05, 4.69) is 13.8 Å². The van der Waals surface area contributed by atoms with Gasteiger partial charge in [-0.25, -0.2) is 4.79 Å². The van der Waals surface area contributed by atoms with Crippen LogP contribution in [-0.4, -0.2) is 39.2 Å². The fourth-order valence-corrected chi connectivity index (χ4v) is 6.31. The molecule has 9 nitrogen and oxygen atoms in total. The van der Waals surface area contributed by atoms with Crippen molar-refractivity contribution in [2.75, 3.05) is 21.3 Å². The van der Waals surface area contributed by atoms with Crippen LogP contribution in [0.25, 0.3) is 5.57 Å². The Kier molecular flexibility index (Phi) is 7.61. The van der Waals surface area contributed by atoms with Crippen LogP contribution in [0.5, 0.6) is 0 Å². The number of carbonyl (C=O) groups is 3.